The van der Waals surface area contributed by atoms with Crippen molar-refractivity contribution in [2.45, 2.75) is 0 Å². The molecule has 0 aliphatic carbocycles. The van der Waals surface area contributed by atoms with Crippen LogP contribution in [0.25, 0.3) is 98.9 Å². The van der Waals surface area contributed by atoms with Gasteiger partial charge in [-0.15, -0.1) is 0 Å². The monoisotopic (exact) mass is 638 g/mol. The molecule has 0 N–H and O–H groups in total. The molecule has 4 heterocycles. The van der Waals surface area contributed by atoms with E-state index in [4.69, 9.17) is 8.83 Å². The third-order valence-corrected chi connectivity index (χ3v) is 10.2. The lowest BCUT2D eigenvalue weighted by atomic mass is 10.1. The lowest BCUT2D eigenvalue weighted by Gasteiger charge is -2.09. The van der Waals surface area contributed by atoms with Crippen LogP contribution >= 0.6 is 0 Å². The smallest absolute Gasteiger partial charge is 0.145 e. The number of nitriles is 2. The van der Waals surface area contributed by atoms with Crippen LogP contribution in [0.2, 0.25) is 0 Å². The molecule has 11 rings (SSSR count). The Morgan fingerprint density at radius 1 is 0.400 bits per heavy atom. The number of hydrogen-bond donors (Lipinski definition) is 0. The van der Waals surface area contributed by atoms with E-state index in [1.807, 2.05) is 42.5 Å². The van der Waals surface area contributed by atoms with E-state index >= 15 is 0 Å². The fourth-order valence-electron chi connectivity index (χ4n) is 7.99. The highest BCUT2D eigenvalue weighted by molar-refractivity contribution is 6.24. The maximum absolute atomic E-state index is 9.61. The van der Waals surface area contributed by atoms with E-state index in [9.17, 15) is 10.5 Å². The summed E-state index contributed by atoms with van der Waals surface area (Å²) < 4.78 is 17.5. The summed E-state index contributed by atoms with van der Waals surface area (Å²) in [6.45, 7) is 0. The molecule has 0 atom stereocenters. The molecule has 0 bridgehead atoms. The van der Waals surface area contributed by atoms with Gasteiger partial charge in [0.1, 0.15) is 22.3 Å². The third kappa shape index (κ3) is 3.49. The van der Waals surface area contributed by atoms with Gasteiger partial charge in [0.25, 0.3) is 0 Å². The summed E-state index contributed by atoms with van der Waals surface area (Å²) >= 11 is 0. The molecule has 0 aliphatic rings. The van der Waals surface area contributed by atoms with Crippen LogP contribution in [0.5, 0.6) is 0 Å². The topological polar surface area (TPSA) is 83.7 Å². The Bertz CT molecular complexity index is 3360. The Hall–Kier alpha value is -7.28. The van der Waals surface area contributed by atoms with Gasteiger partial charge in [-0.2, -0.15) is 10.5 Å². The van der Waals surface area contributed by atoms with Gasteiger partial charge in [0, 0.05) is 49.1 Å². The van der Waals surface area contributed by atoms with Crippen molar-refractivity contribution in [3.63, 3.8) is 0 Å². The summed E-state index contributed by atoms with van der Waals surface area (Å²) in [7, 11) is 0. The molecular weight excluding hydrogens is 617 g/mol. The van der Waals surface area contributed by atoms with Crippen molar-refractivity contribution in [3.8, 4) is 23.5 Å². The Kier molecular flexibility index (Phi) is 5.16. The molecule has 0 saturated heterocycles. The lowest BCUT2D eigenvalue weighted by molar-refractivity contribution is 0.668. The highest BCUT2D eigenvalue weighted by Crippen LogP contribution is 2.42. The van der Waals surface area contributed by atoms with Crippen molar-refractivity contribution < 1.29 is 8.83 Å². The minimum Gasteiger partial charge on any atom is -0.456 e. The first-order valence-corrected chi connectivity index (χ1v) is 16.4. The number of rotatable bonds is 2. The van der Waals surface area contributed by atoms with Crippen LogP contribution in [0, 0.1) is 22.7 Å². The highest BCUT2D eigenvalue weighted by Gasteiger charge is 2.20. The van der Waals surface area contributed by atoms with E-state index in [1.165, 1.54) is 0 Å². The van der Waals surface area contributed by atoms with Crippen molar-refractivity contribution in [1.29, 1.82) is 10.5 Å². The number of furan rings is 2. The quantitative estimate of drug-likeness (QED) is 0.189. The Balaban J connectivity index is 1.16. The molecule has 0 aliphatic heterocycles. The van der Waals surface area contributed by atoms with Crippen molar-refractivity contribution in [2.75, 3.05) is 0 Å². The van der Waals surface area contributed by atoms with Crippen molar-refractivity contribution in [1.82, 2.24) is 9.13 Å². The first-order valence-electron chi connectivity index (χ1n) is 16.4. The first-order chi connectivity index (χ1) is 24.7. The standard InChI is InChI=1S/C44H22N4O2/c45-23-25-9-14-38-32(19-25)29-5-1-3-7-36(29)47(38)27-11-17-40-34(21-27)35-22-28(12-18-41(35)49-40)48-37-8-4-2-6-31(37)43-39(48)15-13-30-33-20-26(24-46)10-16-42(33)50-44(30)43/h1-22H. The first kappa shape index (κ1) is 26.8. The van der Waals surface area contributed by atoms with Gasteiger partial charge in [0.15, 0.2) is 0 Å². The lowest BCUT2D eigenvalue weighted by Crippen LogP contribution is -1.94. The number of fused-ring (bicyclic) bond motifs is 13. The molecule has 0 amide bonds. The van der Waals surface area contributed by atoms with Crippen molar-refractivity contribution in [2.24, 2.45) is 0 Å². The minimum atomic E-state index is 0.609. The normalized spacial score (nSPS) is 12.0. The van der Waals surface area contributed by atoms with Crippen LogP contribution in [-0.4, -0.2) is 9.13 Å². The second-order valence-electron chi connectivity index (χ2n) is 12.8. The predicted molar refractivity (Wildman–Crippen MR) is 199 cm³/mol. The van der Waals surface area contributed by atoms with E-state index in [0.29, 0.717) is 11.1 Å². The molecule has 4 aromatic heterocycles. The summed E-state index contributed by atoms with van der Waals surface area (Å²) in [5.41, 5.74) is 10.7. The van der Waals surface area contributed by atoms with E-state index < -0.39 is 0 Å². The van der Waals surface area contributed by atoms with Crippen LogP contribution in [0.3, 0.4) is 0 Å². The van der Waals surface area contributed by atoms with E-state index in [2.05, 4.69) is 106 Å². The Morgan fingerprint density at radius 2 is 0.920 bits per heavy atom. The number of hydrogen-bond acceptors (Lipinski definition) is 4. The summed E-state index contributed by atoms with van der Waals surface area (Å²) in [6.07, 6.45) is 0. The van der Waals surface area contributed by atoms with Gasteiger partial charge in [-0.3, -0.25) is 0 Å². The van der Waals surface area contributed by atoms with Crippen LogP contribution in [0.1, 0.15) is 11.1 Å². The zero-order valence-corrected chi connectivity index (χ0v) is 26.3. The van der Waals surface area contributed by atoms with Gasteiger partial charge in [-0.1, -0.05) is 36.4 Å². The van der Waals surface area contributed by atoms with Gasteiger partial charge in [-0.05, 0) is 97.1 Å². The van der Waals surface area contributed by atoms with E-state index in [0.717, 1.165) is 98.9 Å². The Labute approximate surface area is 283 Å². The molecule has 11 aromatic rings. The molecule has 7 aromatic carbocycles. The molecule has 0 unspecified atom stereocenters. The molecule has 0 spiro atoms. The fourth-order valence-corrected chi connectivity index (χ4v) is 7.99. The average Bonchev–Trinajstić information content (AvgIpc) is 3.91. The molecule has 230 valence electrons. The van der Waals surface area contributed by atoms with Crippen LogP contribution in [0.15, 0.2) is 142 Å². The van der Waals surface area contributed by atoms with Gasteiger partial charge in [0.05, 0.1) is 50.7 Å². The second kappa shape index (κ2) is 9.64. The van der Waals surface area contributed by atoms with E-state index in [1.54, 1.807) is 6.07 Å². The second-order valence-corrected chi connectivity index (χ2v) is 12.8. The van der Waals surface area contributed by atoms with Crippen LogP contribution < -0.4 is 0 Å². The van der Waals surface area contributed by atoms with Gasteiger partial charge in [-0.25, -0.2) is 0 Å². The van der Waals surface area contributed by atoms with E-state index in [-0.39, 0.29) is 0 Å². The van der Waals surface area contributed by atoms with Gasteiger partial charge < -0.3 is 18.0 Å². The van der Waals surface area contributed by atoms with Crippen molar-refractivity contribution in [3.05, 3.63) is 145 Å². The fraction of sp³-hybridized carbons (Fsp3) is 0. The molecule has 6 nitrogen and oxygen atoms in total. The minimum absolute atomic E-state index is 0.609. The molecular formula is C44H22N4O2. The number of benzene rings is 7. The maximum atomic E-state index is 9.61. The number of para-hydroxylation sites is 2. The largest absolute Gasteiger partial charge is 0.456 e. The highest BCUT2D eigenvalue weighted by atomic mass is 16.3. The zero-order valence-electron chi connectivity index (χ0n) is 26.3. The molecule has 0 saturated carbocycles. The van der Waals surface area contributed by atoms with Gasteiger partial charge in [0.2, 0.25) is 0 Å². The maximum Gasteiger partial charge on any atom is 0.145 e. The summed E-state index contributed by atoms with van der Waals surface area (Å²) in [6, 6.07) is 49.7. The number of aromatic nitrogens is 2. The van der Waals surface area contributed by atoms with Crippen LogP contribution in [-0.2, 0) is 0 Å². The SMILES string of the molecule is N#Cc1ccc2oc3c(ccc4c3c3ccccc3n4-c3ccc4oc5ccc(-n6c7ccccc7c7cc(C#N)ccc76)cc5c4c3)c2c1. The van der Waals surface area contributed by atoms with Crippen LogP contribution in [0.4, 0.5) is 0 Å². The molecule has 50 heavy (non-hydrogen) atoms. The average molecular weight is 639 g/mol. The summed E-state index contributed by atoms with van der Waals surface area (Å²) in [5, 5.41) is 27.4. The molecule has 0 radical (unpaired) electrons. The summed E-state index contributed by atoms with van der Waals surface area (Å²) in [4.78, 5) is 0. The summed E-state index contributed by atoms with van der Waals surface area (Å²) in [5.74, 6) is 0. The third-order valence-electron chi connectivity index (χ3n) is 10.2. The predicted octanol–water partition coefficient (Wildman–Crippen LogP) is 11.4. The van der Waals surface area contributed by atoms with Gasteiger partial charge >= 0.3 is 0 Å². The number of nitrogens with zero attached hydrogens (tertiary/aromatic N) is 4. The molecule has 0 fully saturated rings. The Morgan fingerprint density at radius 3 is 1.64 bits per heavy atom. The molecule has 6 heteroatoms. The van der Waals surface area contributed by atoms with Crippen molar-refractivity contribution >= 4 is 87.5 Å². The zero-order chi connectivity index (χ0) is 33.1.